The molecule has 2 aromatic heterocycles. The summed E-state index contributed by atoms with van der Waals surface area (Å²) >= 11 is 0. The number of pyridine rings is 1. The Labute approximate surface area is 422 Å². The van der Waals surface area contributed by atoms with Crippen molar-refractivity contribution >= 4 is 44.6 Å². The van der Waals surface area contributed by atoms with E-state index in [0.29, 0.717) is 12.6 Å². The van der Waals surface area contributed by atoms with Crippen LogP contribution in [0, 0.1) is 0 Å². The molecule has 1 aliphatic heterocycles. The second-order valence-electron chi connectivity index (χ2n) is 23.7. The number of rotatable bonds is 9. The molecule has 0 saturated heterocycles. The molecule has 10 rings (SSSR count). The third kappa shape index (κ3) is 8.90. The first-order valence-corrected chi connectivity index (χ1v) is 25.5. The van der Waals surface area contributed by atoms with Crippen LogP contribution in [0.2, 0.25) is 0 Å². The Bertz CT molecular complexity index is 3450. The number of ether oxygens (including phenoxy) is 1. The number of benzene rings is 7. The molecule has 3 heterocycles. The van der Waals surface area contributed by atoms with Crippen molar-refractivity contribution in [3.05, 3.63) is 203 Å². The average molecular weight is 935 g/mol. The molecule has 5 nitrogen and oxygen atoms in total. The van der Waals surface area contributed by atoms with E-state index in [9.17, 15) is 0 Å². The number of hydrogen-bond donors (Lipinski definition) is 0. The van der Waals surface area contributed by atoms with E-state index < -0.39 is 0 Å². The SMILES string of the molecule is CC(C)c1ccccc1-c1cc(Oc2ccc3c4ccccc4n(-c4cc(C(C)(C)C)ccn4)c3c2)cc(N2CN(c3cccc(C(C)(C)c4ccccc4)c3)c3cc(C(C)(C)C)c(C(C)(C)C)cc32)c1. The van der Waals surface area contributed by atoms with Crippen LogP contribution >= 0.6 is 0 Å². The summed E-state index contributed by atoms with van der Waals surface area (Å²) in [6, 6.07) is 60.2. The van der Waals surface area contributed by atoms with E-state index in [1.807, 2.05) is 6.20 Å². The van der Waals surface area contributed by atoms with Crippen LogP contribution in [0.4, 0.5) is 22.7 Å². The summed E-state index contributed by atoms with van der Waals surface area (Å²) in [6.45, 7) is 30.7. The molecule has 0 fully saturated rings. The first kappa shape index (κ1) is 47.6. The van der Waals surface area contributed by atoms with Crippen molar-refractivity contribution in [2.24, 2.45) is 0 Å². The van der Waals surface area contributed by atoms with Gasteiger partial charge in [0, 0.05) is 45.9 Å². The molecule has 360 valence electrons. The lowest BCUT2D eigenvalue weighted by Gasteiger charge is -2.32. The molecule has 0 saturated carbocycles. The van der Waals surface area contributed by atoms with E-state index in [4.69, 9.17) is 9.72 Å². The van der Waals surface area contributed by atoms with Crippen LogP contribution in [0.1, 0.15) is 129 Å². The maximum atomic E-state index is 7.18. The fourth-order valence-electron chi connectivity index (χ4n) is 10.7. The number of nitrogens with zero attached hydrogens (tertiary/aromatic N) is 4. The van der Waals surface area contributed by atoms with E-state index in [1.165, 1.54) is 61.4 Å². The highest BCUT2D eigenvalue weighted by atomic mass is 16.5. The minimum absolute atomic E-state index is 0.0268. The Morgan fingerprint density at radius 2 is 1.11 bits per heavy atom. The summed E-state index contributed by atoms with van der Waals surface area (Å²) in [5.41, 5.74) is 16.6. The van der Waals surface area contributed by atoms with Crippen molar-refractivity contribution in [1.82, 2.24) is 9.55 Å². The molecule has 0 bridgehead atoms. The molecular weight excluding hydrogens is 865 g/mol. The van der Waals surface area contributed by atoms with Crippen molar-refractivity contribution in [3.63, 3.8) is 0 Å². The van der Waals surface area contributed by atoms with Crippen molar-refractivity contribution in [2.75, 3.05) is 16.5 Å². The van der Waals surface area contributed by atoms with Crippen LogP contribution in [0.25, 0.3) is 38.8 Å². The largest absolute Gasteiger partial charge is 0.457 e. The minimum atomic E-state index is -0.194. The van der Waals surface area contributed by atoms with Crippen molar-refractivity contribution < 1.29 is 4.74 Å². The summed E-state index contributed by atoms with van der Waals surface area (Å²) in [6.07, 6.45) is 1.94. The zero-order chi connectivity index (χ0) is 50.2. The summed E-state index contributed by atoms with van der Waals surface area (Å²) in [4.78, 5) is 9.99. The molecule has 5 heteroatoms. The second-order valence-corrected chi connectivity index (χ2v) is 23.7. The number of para-hydroxylation sites is 1. The van der Waals surface area contributed by atoms with Gasteiger partial charge in [-0.1, -0.05) is 175 Å². The maximum Gasteiger partial charge on any atom is 0.137 e. The van der Waals surface area contributed by atoms with Crippen LogP contribution in [0.3, 0.4) is 0 Å². The summed E-state index contributed by atoms with van der Waals surface area (Å²) in [7, 11) is 0. The van der Waals surface area contributed by atoms with Gasteiger partial charge < -0.3 is 14.5 Å². The molecule has 7 aromatic carbocycles. The Morgan fingerprint density at radius 3 is 1.80 bits per heavy atom. The lowest BCUT2D eigenvalue weighted by molar-refractivity contribution is 0.483. The fraction of sp³-hybridized carbons (Fsp3) is 0.288. The van der Waals surface area contributed by atoms with E-state index in [1.54, 1.807) is 0 Å². The van der Waals surface area contributed by atoms with E-state index >= 15 is 0 Å². The molecule has 0 spiro atoms. The molecule has 0 radical (unpaired) electrons. The van der Waals surface area contributed by atoms with Crippen LogP contribution in [-0.4, -0.2) is 16.2 Å². The van der Waals surface area contributed by atoms with Gasteiger partial charge in [0.05, 0.1) is 22.4 Å². The van der Waals surface area contributed by atoms with Gasteiger partial charge in [0.15, 0.2) is 0 Å². The lowest BCUT2D eigenvalue weighted by atomic mass is 9.74. The highest BCUT2D eigenvalue weighted by Gasteiger charge is 2.35. The van der Waals surface area contributed by atoms with Gasteiger partial charge in [0.25, 0.3) is 0 Å². The van der Waals surface area contributed by atoms with Gasteiger partial charge in [-0.15, -0.1) is 0 Å². The van der Waals surface area contributed by atoms with E-state index in [0.717, 1.165) is 45.0 Å². The molecular formula is C66H70N4O. The first-order valence-electron chi connectivity index (χ1n) is 25.5. The summed E-state index contributed by atoms with van der Waals surface area (Å²) in [5.74, 6) is 2.76. The third-order valence-corrected chi connectivity index (χ3v) is 14.8. The molecule has 1 aliphatic rings. The monoisotopic (exact) mass is 935 g/mol. The van der Waals surface area contributed by atoms with Gasteiger partial charge >= 0.3 is 0 Å². The van der Waals surface area contributed by atoms with Gasteiger partial charge in [0.2, 0.25) is 0 Å². The molecule has 0 amide bonds. The topological polar surface area (TPSA) is 33.5 Å². The first-order chi connectivity index (χ1) is 33.7. The Morgan fingerprint density at radius 1 is 0.479 bits per heavy atom. The number of hydrogen-bond acceptors (Lipinski definition) is 4. The minimum Gasteiger partial charge on any atom is -0.457 e. The second kappa shape index (κ2) is 17.6. The van der Waals surface area contributed by atoms with Crippen LogP contribution in [-0.2, 0) is 21.7 Å². The van der Waals surface area contributed by atoms with Crippen molar-refractivity contribution in [2.45, 2.75) is 118 Å². The van der Waals surface area contributed by atoms with Crippen LogP contribution in [0.5, 0.6) is 11.5 Å². The highest BCUT2D eigenvalue weighted by molar-refractivity contribution is 6.09. The number of aromatic nitrogens is 2. The van der Waals surface area contributed by atoms with Gasteiger partial charge in [-0.2, -0.15) is 0 Å². The third-order valence-electron chi connectivity index (χ3n) is 14.8. The predicted octanol–water partition coefficient (Wildman–Crippen LogP) is 18.2. The zero-order valence-electron chi connectivity index (χ0n) is 44.1. The van der Waals surface area contributed by atoms with Gasteiger partial charge in [-0.3, -0.25) is 4.57 Å². The Kier molecular flexibility index (Phi) is 11.8. The van der Waals surface area contributed by atoms with Crippen molar-refractivity contribution in [3.8, 4) is 28.4 Å². The fourth-order valence-corrected chi connectivity index (χ4v) is 10.7. The van der Waals surface area contributed by atoms with E-state index in [2.05, 4.69) is 268 Å². The molecule has 71 heavy (non-hydrogen) atoms. The van der Waals surface area contributed by atoms with Gasteiger partial charge in [-0.25, -0.2) is 4.98 Å². The molecule has 0 unspecified atom stereocenters. The average Bonchev–Trinajstić information content (AvgIpc) is 3.89. The molecule has 9 aromatic rings. The smallest absolute Gasteiger partial charge is 0.137 e. The predicted molar refractivity (Wildman–Crippen MR) is 301 cm³/mol. The van der Waals surface area contributed by atoms with E-state index in [-0.39, 0.29) is 21.7 Å². The zero-order valence-corrected chi connectivity index (χ0v) is 44.1. The lowest BCUT2D eigenvalue weighted by Crippen LogP contribution is -2.25. The normalized spacial score (nSPS) is 13.4. The van der Waals surface area contributed by atoms with Crippen molar-refractivity contribution in [1.29, 1.82) is 0 Å². The van der Waals surface area contributed by atoms with Crippen LogP contribution in [0.15, 0.2) is 170 Å². The summed E-state index contributed by atoms with van der Waals surface area (Å²) in [5, 5.41) is 2.34. The van der Waals surface area contributed by atoms with Crippen LogP contribution < -0.4 is 14.5 Å². The molecule has 0 atom stereocenters. The highest BCUT2D eigenvalue weighted by Crippen LogP contribution is 2.51. The van der Waals surface area contributed by atoms with Gasteiger partial charge in [-0.05, 0) is 133 Å². The Balaban J connectivity index is 1.15. The molecule has 0 N–H and O–H groups in total. The maximum absolute atomic E-state index is 7.18. The quantitative estimate of drug-likeness (QED) is 0.144. The standard InChI is InChI=1S/C66H70N4O/c1-43(2)52-26-17-18-27-53(52)44-34-49(38-51(35-44)71-50-30-31-55-54-28-19-20-29-58(54)70(59(55)39-50)62-37-46(32-33-67-62)63(3,4)5)69-42-68(60-40-56(64(6,7)8)57(41-61(60)69)65(9,10)11)48-25-21-24-47(36-48)66(12,13)45-22-15-14-16-23-45/h14-41,43H,42H2,1-13H3. The number of fused-ring (bicyclic) bond motifs is 4. The molecule has 0 aliphatic carbocycles. The number of anilines is 4. The van der Waals surface area contributed by atoms with Gasteiger partial charge in [0.1, 0.15) is 24.0 Å². The summed E-state index contributed by atoms with van der Waals surface area (Å²) < 4.78 is 9.47. The Hall–Kier alpha value is -7.11.